The Bertz CT molecular complexity index is 332. The largest absolute Gasteiger partial charge is 0.108 e. The van der Waals surface area contributed by atoms with Gasteiger partial charge in [-0.15, -0.1) is 8.58 Å². The minimum atomic E-state index is 0.600. The lowest BCUT2D eigenvalue weighted by Crippen LogP contribution is -2.16. The van der Waals surface area contributed by atoms with E-state index in [0.29, 0.717) is 5.16 Å². The molecule has 15 heavy (non-hydrogen) atoms. The molecule has 0 radical (unpaired) electrons. The average molecular weight is 218 g/mol. The fraction of sp³-hybridized carbons (Fsp3) is 0.571. The lowest BCUT2D eigenvalue weighted by Gasteiger charge is -2.29. The Labute approximate surface area is 94.3 Å². The molecule has 3 rings (SSSR count). The Hall–Kier alpha value is -0.350. The predicted molar refractivity (Wildman–Crippen MR) is 67.9 cm³/mol. The second-order valence-electron chi connectivity index (χ2n) is 5.07. The lowest BCUT2D eigenvalue weighted by atomic mass is 9.86. The fourth-order valence-electron chi connectivity index (χ4n) is 3.32. The van der Waals surface area contributed by atoms with Crippen LogP contribution in [0.25, 0.3) is 0 Å². The third-order valence-electron chi connectivity index (χ3n) is 4.13. The summed E-state index contributed by atoms with van der Waals surface area (Å²) >= 11 is 0. The first-order valence-corrected chi connectivity index (χ1v) is 7.30. The third-order valence-corrected chi connectivity index (χ3v) is 6.46. The van der Waals surface area contributed by atoms with Gasteiger partial charge in [0, 0.05) is 5.16 Å². The van der Waals surface area contributed by atoms with Crippen molar-refractivity contribution in [3.8, 4) is 0 Å². The van der Waals surface area contributed by atoms with E-state index < -0.39 is 0 Å². The van der Waals surface area contributed by atoms with Crippen LogP contribution in [0.15, 0.2) is 30.3 Å². The molecule has 1 aromatic rings. The van der Waals surface area contributed by atoms with E-state index >= 15 is 0 Å². The van der Waals surface area contributed by atoms with E-state index in [1.807, 2.05) is 0 Å². The SMILES string of the molecule is c1ccc(C23CCCCC(CC2)P3)cc1. The molecular formula is C14H19P. The van der Waals surface area contributed by atoms with Gasteiger partial charge >= 0.3 is 0 Å². The molecule has 1 aromatic carbocycles. The Morgan fingerprint density at radius 2 is 1.87 bits per heavy atom. The molecule has 0 aromatic heterocycles. The van der Waals surface area contributed by atoms with Crippen molar-refractivity contribution in [2.75, 3.05) is 0 Å². The van der Waals surface area contributed by atoms with Gasteiger partial charge in [-0.3, -0.25) is 0 Å². The van der Waals surface area contributed by atoms with Crippen LogP contribution in [-0.2, 0) is 5.16 Å². The molecule has 80 valence electrons. The van der Waals surface area contributed by atoms with Crippen molar-refractivity contribution in [1.82, 2.24) is 0 Å². The molecule has 3 atom stereocenters. The Morgan fingerprint density at radius 1 is 1.00 bits per heavy atom. The van der Waals surface area contributed by atoms with Crippen molar-refractivity contribution in [2.24, 2.45) is 0 Å². The van der Waals surface area contributed by atoms with Crippen molar-refractivity contribution < 1.29 is 0 Å². The van der Waals surface area contributed by atoms with Gasteiger partial charge in [-0.2, -0.15) is 0 Å². The summed E-state index contributed by atoms with van der Waals surface area (Å²) in [6.07, 6.45) is 8.84. The smallest absolute Gasteiger partial charge is 0.0129 e. The van der Waals surface area contributed by atoms with E-state index in [4.69, 9.17) is 0 Å². The molecule has 2 heterocycles. The van der Waals surface area contributed by atoms with Crippen LogP contribution in [0.5, 0.6) is 0 Å². The maximum atomic E-state index is 2.36. The Balaban J connectivity index is 1.95. The van der Waals surface area contributed by atoms with Crippen molar-refractivity contribution in [3.05, 3.63) is 35.9 Å². The van der Waals surface area contributed by atoms with Gasteiger partial charge in [0.05, 0.1) is 0 Å². The van der Waals surface area contributed by atoms with Gasteiger partial charge in [-0.05, 0) is 36.9 Å². The first kappa shape index (κ1) is 9.85. The highest BCUT2D eigenvalue weighted by atomic mass is 31.1. The topological polar surface area (TPSA) is 0 Å². The summed E-state index contributed by atoms with van der Waals surface area (Å²) in [4.78, 5) is 0. The number of fused-ring (bicyclic) bond motifs is 2. The van der Waals surface area contributed by atoms with Crippen LogP contribution in [0.3, 0.4) is 0 Å². The highest BCUT2D eigenvalue weighted by molar-refractivity contribution is 7.40. The number of hydrogen-bond acceptors (Lipinski definition) is 0. The molecular weight excluding hydrogens is 199 g/mol. The number of hydrogen-bond donors (Lipinski definition) is 0. The summed E-state index contributed by atoms with van der Waals surface area (Å²) in [5.41, 5.74) is 2.69. The summed E-state index contributed by atoms with van der Waals surface area (Å²) in [7, 11) is 1.20. The first-order valence-electron chi connectivity index (χ1n) is 6.22. The van der Waals surface area contributed by atoms with Gasteiger partial charge in [-0.25, -0.2) is 0 Å². The molecule has 2 fully saturated rings. The second-order valence-corrected chi connectivity index (χ2v) is 7.14. The summed E-state index contributed by atoms with van der Waals surface area (Å²) < 4.78 is 0. The van der Waals surface area contributed by atoms with Gasteiger partial charge < -0.3 is 0 Å². The zero-order valence-electron chi connectivity index (χ0n) is 9.21. The molecule has 2 saturated heterocycles. The van der Waals surface area contributed by atoms with E-state index in [9.17, 15) is 0 Å². The highest BCUT2D eigenvalue weighted by Gasteiger charge is 2.41. The molecule has 3 unspecified atom stereocenters. The molecule has 0 saturated carbocycles. The molecule has 2 bridgehead atoms. The van der Waals surface area contributed by atoms with Crippen molar-refractivity contribution in [3.63, 3.8) is 0 Å². The zero-order chi connectivity index (χ0) is 10.1. The van der Waals surface area contributed by atoms with E-state index in [1.54, 1.807) is 5.56 Å². The molecule has 2 aliphatic heterocycles. The molecule has 0 nitrogen and oxygen atoms in total. The monoisotopic (exact) mass is 218 g/mol. The zero-order valence-corrected chi connectivity index (χ0v) is 10.2. The summed E-state index contributed by atoms with van der Waals surface area (Å²) in [6.45, 7) is 0. The minimum absolute atomic E-state index is 0.600. The van der Waals surface area contributed by atoms with Gasteiger partial charge in [0.25, 0.3) is 0 Å². The van der Waals surface area contributed by atoms with Crippen molar-refractivity contribution in [2.45, 2.75) is 49.3 Å². The van der Waals surface area contributed by atoms with Crippen LogP contribution in [-0.4, -0.2) is 5.66 Å². The van der Waals surface area contributed by atoms with Gasteiger partial charge in [0.1, 0.15) is 0 Å². The number of benzene rings is 1. The maximum absolute atomic E-state index is 2.36. The second kappa shape index (κ2) is 3.91. The normalized spacial score (nSPS) is 36.7. The highest BCUT2D eigenvalue weighted by Crippen LogP contribution is 2.60. The van der Waals surface area contributed by atoms with Crippen LogP contribution in [0, 0.1) is 0 Å². The maximum Gasteiger partial charge on any atom is 0.0129 e. The van der Waals surface area contributed by atoms with E-state index in [1.165, 1.54) is 47.1 Å². The average Bonchev–Trinajstić information content (AvgIpc) is 2.56. The van der Waals surface area contributed by atoms with Crippen LogP contribution >= 0.6 is 8.58 Å². The predicted octanol–water partition coefficient (Wildman–Crippen LogP) is 4.30. The van der Waals surface area contributed by atoms with Crippen molar-refractivity contribution >= 4 is 8.58 Å². The van der Waals surface area contributed by atoms with Crippen LogP contribution in [0.1, 0.15) is 44.1 Å². The minimum Gasteiger partial charge on any atom is -0.108 e. The quantitative estimate of drug-likeness (QED) is 0.616. The summed E-state index contributed by atoms with van der Waals surface area (Å²) in [5.74, 6) is 0. The van der Waals surface area contributed by atoms with Crippen molar-refractivity contribution in [1.29, 1.82) is 0 Å². The summed E-state index contributed by atoms with van der Waals surface area (Å²) in [6, 6.07) is 11.3. The number of rotatable bonds is 1. The molecule has 0 spiro atoms. The summed E-state index contributed by atoms with van der Waals surface area (Å²) in [5, 5.41) is 0.600. The first-order chi connectivity index (χ1) is 7.39. The molecule has 0 amide bonds. The third kappa shape index (κ3) is 1.74. The van der Waals surface area contributed by atoms with Gasteiger partial charge in [-0.1, -0.05) is 43.2 Å². The van der Waals surface area contributed by atoms with Gasteiger partial charge in [0.15, 0.2) is 0 Å². The van der Waals surface area contributed by atoms with Crippen LogP contribution in [0.2, 0.25) is 0 Å². The lowest BCUT2D eigenvalue weighted by molar-refractivity contribution is 0.466. The molecule has 2 aliphatic rings. The molecule has 1 heteroatoms. The fourth-order valence-corrected chi connectivity index (χ4v) is 5.68. The van der Waals surface area contributed by atoms with E-state index in [2.05, 4.69) is 30.3 Å². The standard InChI is InChI=1S/C14H19P/c1-2-6-12(7-3-1)14-10-5-4-8-13(15-14)9-11-14/h1-3,6-7,13,15H,4-5,8-11H2. The van der Waals surface area contributed by atoms with Crippen LogP contribution in [0.4, 0.5) is 0 Å². The van der Waals surface area contributed by atoms with Crippen LogP contribution < -0.4 is 0 Å². The van der Waals surface area contributed by atoms with E-state index in [0.717, 1.165) is 5.66 Å². The Morgan fingerprint density at radius 3 is 2.73 bits per heavy atom. The Kier molecular flexibility index (Phi) is 2.56. The molecule has 0 N–H and O–H groups in total. The molecule has 0 aliphatic carbocycles. The van der Waals surface area contributed by atoms with E-state index in [-0.39, 0.29) is 0 Å². The van der Waals surface area contributed by atoms with Gasteiger partial charge in [0.2, 0.25) is 0 Å².